The van der Waals surface area contributed by atoms with Crippen molar-refractivity contribution in [2.75, 3.05) is 5.73 Å². The average molecular weight is 270 g/mol. The normalized spacial score (nSPS) is 11.3. The number of nitrogens with zero attached hydrogens (tertiary/aromatic N) is 1. The highest BCUT2D eigenvalue weighted by Gasteiger charge is 2.31. The van der Waals surface area contributed by atoms with E-state index in [1.165, 1.54) is 18.2 Å². The predicted octanol–water partition coefficient (Wildman–Crippen LogP) is 3.18. The number of alkyl halides is 3. The molecule has 1 aromatic carbocycles. The molecule has 0 bridgehead atoms. The molecule has 0 aliphatic carbocycles. The van der Waals surface area contributed by atoms with Gasteiger partial charge >= 0.3 is 6.18 Å². The predicted molar refractivity (Wildman–Crippen MR) is 61.8 cm³/mol. The summed E-state index contributed by atoms with van der Waals surface area (Å²) in [5, 5.41) is 9.36. The van der Waals surface area contributed by atoms with Gasteiger partial charge in [-0.15, -0.1) is 0 Å². The molecule has 2 aromatic rings. The van der Waals surface area contributed by atoms with Gasteiger partial charge in [-0.25, -0.2) is 4.98 Å². The molecule has 19 heavy (non-hydrogen) atoms. The number of rotatable bonds is 2. The lowest BCUT2D eigenvalue weighted by Crippen LogP contribution is -2.05. The fourth-order valence-corrected chi connectivity index (χ4v) is 1.38. The minimum atomic E-state index is -4.48. The smallest absolute Gasteiger partial charge is 0.416 e. The second kappa shape index (κ2) is 4.68. The number of pyridine rings is 1. The molecule has 3 N–H and O–H groups in total. The van der Waals surface area contributed by atoms with Crippen molar-refractivity contribution < 1.29 is 23.0 Å². The van der Waals surface area contributed by atoms with Crippen molar-refractivity contribution in [2.45, 2.75) is 6.18 Å². The number of aromatic hydroxyl groups is 1. The van der Waals surface area contributed by atoms with E-state index in [1.54, 1.807) is 0 Å². The van der Waals surface area contributed by atoms with E-state index < -0.39 is 11.7 Å². The van der Waals surface area contributed by atoms with Crippen LogP contribution < -0.4 is 10.5 Å². The van der Waals surface area contributed by atoms with Crippen molar-refractivity contribution in [3.8, 4) is 17.4 Å². The number of nitrogens with two attached hydrogens (primary N) is 1. The van der Waals surface area contributed by atoms with E-state index in [1.807, 2.05) is 0 Å². The van der Waals surface area contributed by atoms with E-state index in [2.05, 4.69) is 4.98 Å². The largest absolute Gasteiger partial charge is 0.506 e. The van der Waals surface area contributed by atoms with Gasteiger partial charge in [-0.2, -0.15) is 13.2 Å². The third-order valence-electron chi connectivity index (χ3n) is 2.32. The standard InChI is InChI=1S/C12H9F3N2O2/c13-12(14,15)7-4-5-17-10(6-7)19-9-3-1-2-8(18)11(9)16/h1-6,18H,16H2. The van der Waals surface area contributed by atoms with E-state index >= 15 is 0 Å². The Kier molecular flexibility index (Phi) is 3.20. The number of phenols is 1. The third kappa shape index (κ3) is 2.87. The number of aromatic nitrogens is 1. The van der Waals surface area contributed by atoms with Crippen molar-refractivity contribution in [3.05, 3.63) is 42.1 Å². The quantitative estimate of drug-likeness (QED) is 0.649. The molecule has 1 aromatic heterocycles. The Bertz CT molecular complexity index is 600. The maximum absolute atomic E-state index is 12.5. The second-order valence-electron chi connectivity index (χ2n) is 3.67. The molecule has 0 aliphatic heterocycles. The van der Waals surface area contributed by atoms with Gasteiger partial charge in [0.05, 0.1) is 5.56 Å². The van der Waals surface area contributed by atoms with Gasteiger partial charge in [0, 0.05) is 12.3 Å². The summed E-state index contributed by atoms with van der Waals surface area (Å²) in [5.74, 6) is -0.441. The highest BCUT2D eigenvalue weighted by atomic mass is 19.4. The Morgan fingerprint density at radius 2 is 1.95 bits per heavy atom. The molecule has 0 saturated carbocycles. The van der Waals surface area contributed by atoms with Crippen LogP contribution in [0.25, 0.3) is 0 Å². The lowest BCUT2D eigenvalue weighted by atomic mass is 10.2. The van der Waals surface area contributed by atoms with Crippen molar-refractivity contribution in [1.82, 2.24) is 4.98 Å². The topological polar surface area (TPSA) is 68.4 Å². The first kappa shape index (κ1) is 13.0. The average Bonchev–Trinajstić information content (AvgIpc) is 2.34. The van der Waals surface area contributed by atoms with Crippen LogP contribution in [0.3, 0.4) is 0 Å². The maximum atomic E-state index is 12.5. The van der Waals surface area contributed by atoms with E-state index in [-0.39, 0.29) is 23.1 Å². The Morgan fingerprint density at radius 3 is 2.63 bits per heavy atom. The van der Waals surface area contributed by atoms with Crippen LogP contribution in [0.5, 0.6) is 17.4 Å². The highest BCUT2D eigenvalue weighted by molar-refractivity contribution is 5.62. The molecule has 2 rings (SSSR count). The highest BCUT2D eigenvalue weighted by Crippen LogP contribution is 2.35. The molecule has 0 unspecified atom stereocenters. The van der Waals surface area contributed by atoms with Crippen LogP contribution in [0, 0.1) is 0 Å². The zero-order valence-corrected chi connectivity index (χ0v) is 9.48. The first-order valence-electron chi connectivity index (χ1n) is 5.16. The molecule has 0 saturated heterocycles. The molecule has 4 nitrogen and oxygen atoms in total. The van der Waals surface area contributed by atoms with Crippen LogP contribution >= 0.6 is 0 Å². The minimum absolute atomic E-state index is 0.0341. The van der Waals surface area contributed by atoms with Gasteiger partial charge in [0.15, 0.2) is 5.75 Å². The number of phenolic OH excluding ortho intramolecular Hbond substituents is 1. The zero-order valence-electron chi connectivity index (χ0n) is 9.48. The Hall–Kier alpha value is -2.44. The van der Waals surface area contributed by atoms with Gasteiger partial charge in [0.25, 0.3) is 0 Å². The van der Waals surface area contributed by atoms with Gasteiger partial charge in [0.1, 0.15) is 11.4 Å². The van der Waals surface area contributed by atoms with Gasteiger partial charge in [-0.05, 0) is 18.2 Å². The lowest BCUT2D eigenvalue weighted by molar-refractivity contribution is -0.137. The fourth-order valence-electron chi connectivity index (χ4n) is 1.38. The number of para-hydroxylation sites is 1. The molecule has 0 amide bonds. The first-order chi connectivity index (χ1) is 8.88. The summed E-state index contributed by atoms with van der Waals surface area (Å²) in [6, 6.07) is 5.79. The fraction of sp³-hybridized carbons (Fsp3) is 0.0833. The van der Waals surface area contributed by atoms with Crippen LogP contribution in [0.1, 0.15) is 5.56 Å². The molecule has 0 aliphatic rings. The maximum Gasteiger partial charge on any atom is 0.416 e. The first-order valence-corrected chi connectivity index (χ1v) is 5.16. The Labute approximate surface area is 106 Å². The van der Waals surface area contributed by atoms with Crippen LogP contribution in [0.15, 0.2) is 36.5 Å². The van der Waals surface area contributed by atoms with E-state index in [4.69, 9.17) is 10.5 Å². The zero-order chi connectivity index (χ0) is 14.0. The number of hydrogen-bond donors (Lipinski definition) is 2. The van der Waals surface area contributed by atoms with Gasteiger partial charge < -0.3 is 15.6 Å². The van der Waals surface area contributed by atoms with E-state index in [9.17, 15) is 18.3 Å². The molecule has 1 heterocycles. The van der Waals surface area contributed by atoms with Crippen LogP contribution in [-0.2, 0) is 6.18 Å². The summed E-state index contributed by atoms with van der Waals surface area (Å²) in [7, 11) is 0. The summed E-state index contributed by atoms with van der Waals surface area (Å²) in [4.78, 5) is 3.66. The van der Waals surface area contributed by atoms with Crippen LogP contribution in [0.4, 0.5) is 18.9 Å². The molecular weight excluding hydrogens is 261 g/mol. The molecule has 7 heteroatoms. The molecule has 100 valence electrons. The number of halogens is 3. The van der Waals surface area contributed by atoms with Crippen molar-refractivity contribution in [1.29, 1.82) is 0 Å². The van der Waals surface area contributed by atoms with Crippen LogP contribution in [0.2, 0.25) is 0 Å². The van der Waals surface area contributed by atoms with E-state index in [0.717, 1.165) is 18.3 Å². The summed E-state index contributed by atoms with van der Waals surface area (Å²) < 4.78 is 42.6. The minimum Gasteiger partial charge on any atom is -0.506 e. The van der Waals surface area contributed by atoms with Gasteiger partial charge in [-0.3, -0.25) is 0 Å². The molecular formula is C12H9F3N2O2. The summed E-state index contributed by atoms with van der Waals surface area (Å²) in [6.45, 7) is 0. The van der Waals surface area contributed by atoms with Crippen LogP contribution in [-0.4, -0.2) is 10.1 Å². The van der Waals surface area contributed by atoms with Crippen molar-refractivity contribution >= 4 is 5.69 Å². The Morgan fingerprint density at radius 1 is 1.21 bits per heavy atom. The van der Waals surface area contributed by atoms with Gasteiger partial charge in [0.2, 0.25) is 5.88 Å². The van der Waals surface area contributed by atoms with Gasteiger partial charge in [-0.1, -0.05) is 6.07 Å². The molecule has 0 spiro atoms. The van der Waals surface area contributed by atoms with Crippen molar-refractivity contribution in [3.63, 3.8) is 0 Å². The number of nitrogen functional groups attached to an aromatic ring is 1. The van der Waals surface area contributed by atoms with Crippen molar-refractivity contribution in [2.24, 2.45) is 0 Å². The number of hydrogen-bond acceptors (Lipinski definition) is 4. The number of benzene rings is 1. The second-order valence-corrected chi connectivity index (χ2v) is 3.67. The number of anilines is 1. The third-order valence-corrected chi connectivity index (χ3v) is 2.32. The van der Waals surface area contributed by atoms with E-state index in [0.29, 0.717) is 0 Å². The Balaban J connectivity index is 2.31. The lowest BCUT2D eigenvalue weighted by Gasteiger charge is -2.10. The molecule has 0 fully saturated rings. The molecule has 0 atom stereocenters. The molecule has 0 radical (unpaired) electrons. The summed E-state index contributed by atoms with van der Waals surface area (Å²) in [6.07, 6.45) is -3.50. The summed E-state index contributed by atoms with van der Waals surface area (Å²) >= 11 is 0. The SMILES string of the molecule is Nc1c(O)cccc1Oc1cc(C(F)(F)F)ccn1. The number of ether oxygens (including phenoxy) is 1. The summed E-state index contributed by atoms with van der Waals surface area (Å²) in [5.41, 5.74) is 4.58. The monoisotopic (exact) mass is 270 g/mol.